The van der Waals surface area contributed by atoms with Crippen LogP contribution < -0.4 is 4.90 Å². The van der Waals surface area contributed by atoms with Gasteiger partial charge in [0.1, 0.15) is 18.8 Å². The van der Waals surface area contributed by atoms with E-state index in [1.54, 1.807) is 12.1 Å². The number of carbonyl (C=O) groups excluding carboxylic acids is 2. The Balaban J connectivity index is 1.79. The lowest BCUT2D eigenvalue weighted by atomic mass is 10.2. The fraction of sp³-hybridized carbons (Fsp3) is 0.417. The summed E-state index contributed by atoms with van der Waals surface area (Å²) in [6, 6.07) is 3.33. The van der Waals surface area contributed by atoms with Crippen molar-refractivity contribution >= 4 is 11.8 Å². The van der Waals surface area contributed by atoms with Gasteiger partial charge in [-0.15, -0.1) is 0 Å². The van der Waals surface area contributed by atoms with Gasteiger partial charge in [-0.3, -0.25) is 14.6 Å². The van der Waals surface area contributed by atoms with Crippen LogP contribution in [0.3, 0.4) is 0 Å². The lowest BCUT2D eigenvalue weighted by molar-refractivity contribution is -0.915. The van der Waals surface area contributed by atoms with E-state index in [1.165, 1.54) is 16.0 Å². The third kappa shape index (κ3) is 1.79. The molecule has 0 aliphatic carbocycles. The van der Waals surface area contributed by atoms with E-state index in [0.29, 0.717) is 25.4 Å². The molecule has 0 radical (unpaired) electrons. The van der Waals surface area contributed by atoms with Crippen molar-refractivity contribution in [3.8, 4) is 0 Å². The van der Waals surface area contributed by atoms with Crippen LogP contribution in [0.25, 0.3) is 0 Å². The first-order valence-corrected chi connectivity index (χ1v) is 6.00. The van der Waals surface area contributed by atoms with Gasteiger partial charge in [-0.2, -0.15) is 0 Å². The van der Waals surface area contributed by atoms with Crippen molar-refractivity contribution in [3.63, 3.8) is 0 Å². The highest BCUT2D eigenvalue weighted by molar-refractivity contribution is 6.20. The summed E-state index contributed by atoms with van der Waals surface area (Å²) < 4.78 is 5.26. The van der Waals surface area contributed by atoms with Gasteiger partial charge >= 0.3 is 0 Å². The molecular weight excluding hydrogens is 234 g/mol. The fourth-order valence-corrected chi connectivity index (χ4v) is 2.30. The zero-order chi connectivity index (χ0) is 12.5. The maximum Gasteiger partial charge on any atom is 0.284 e. The second-order valence-electron chi connectivity index (χ2n) is 4.46. The number of carbonyl (C=O) groups is 2. The van der Waals surface area contributed by atoms with Crippen LogP contribution in [0.5, 0.6) is 0 Å². The molecule has 2 aliphatic rings. The Morgan fingerprint density at radius 3 is 2.78 bits per heavy atom. The number of pyridine rings is 1. The van der Waals surface area contributed by atoms with Crippen LogP contribution in [-0.4, -0.2) is 54.7 Å². The molecule has 0 bridgehead atoms. The van der Waals surface area contributed by atoms with Gasteiger partial charge in [0.2, 0.25) is 0 Å². The largest absolute Gasteiger partial charge is 0.370 e. The summed E-state index contributed by atoms with van der Waals surface area (Å²) in [4.78, 5) is 30.6. The number of amides is 2. The van der Waals surface area contributed by atoms with Crippen LogP contribution >= 0.6 is 0 Å². The van der Waals surface area contributed by atoms with E-state index in [-0.39, 0.29) is 17.5 Å². The highest BCUT2D eigenvalue weighted by Gasteiger charge is 2.38. The quantitative estimate of drug-likeness (QED) is 0.650. The summed E-state index contributed by atoms with van der Waals surface area (Å²) in [5.41, 5.74) is 0.685. The van der Waals surface area contributed by atoms with Crippen LogP contribution in [0.2, 0.25) is 0 Å². The summed E-state index contributed by atoms with van der Waals surface area (Å²) in [6.07, 6.45) is 1.54. The number of hydrogen-bond acceptors (Lipinski definition) is 4. The molecule has 6 nitrogen and oxygen atoms in total. The van der Waals surface area contributed by atoms with Crippen molar-refractivity contribution in [1.29, 1.82) is 0 Å². The number of nitrogens with one attached hydrogen (secondary N) is 1. The lowest BCUT2D eigenvalue weighted by Crippen LogP contribution is -3.15. The Morgan fingerprint density at radius 1 is 1.28 bits per heavy atom. The summed E-state index contributed by atoms with van der Waals surface area (Å²) in [5.74, 6) is -0.517. The van der Waals surface area contributed by atoms with Crippen LogP contribution in [0.15, 0.2) is 18.3 Å². The smallest absolute Gasteiger partial charge is 0.284 e. The van der Waals surface area contributed by atoms with Gasteiger partial charge in [0.25, 0.3) is 11.8 Å². The third-order valence-corrected chi connectivity index (χ3v) is 3.31. The zero-order valence-corrected chi connectivity index (χ0v) is 9.89. The first-order chi connectivity index (χ1) is 8.77. The van der Waals surface area contributed by atoms with E-state index in [9.17, 15) is 9.59 Å². The van der Waals surface area contributed by atoms with Gasteiger partial charge in [-0.1, -0.05) is 0 Å². The maximum atomic E-state index is 12.1. The molecule has 0 aromatic carbocycles. The Labute approximate surface area is 104 Å². The number of rotatable bonds is 2. The molecule has 6 heteroatoms. The molecule has 18 heavy (non-hydrogen) atoms. The molecule has 0 saturated carbocycles. The van der Waals surface area contributed by atoms with Crippen molar-refractivity contribution in [3.05, 3.63) is 29.6 Å². The van der Waals surface area contributed by atoms with Gasteiger partial charge in [0, 0.05) is 6.20 Å². The van der Waals surface area contributed by atoms with Gasteiger partial charge in [0.05, 0.1) is 18.8 Å². The van der Waals surface area contributed by atoms with Gasteiger partial charge < -0.3 is 9.64 Å². The van der Waals surface area contributed by atoms with E-state index in [4.69, 9.17) is 4.74 Å². The van der Waals surface area contributed by atoms with Gasteiger partial charge in [-0.25, -0.2) is 4.90 Å². The number of quaternary nitrogens is 1. The van der Waals surface area contributed by atoms with Crippen LogP contribution in [-0.2, 0) is 4.74 Å². The molecule has 3 rings (SSSR count). The highest BCUT2D eigenvalue weighted by atomic mass is 16.5. The molecule has 0 unspecified atom stereocenters. The number of nitrogens with zero attached hydrogens (tertiary/aromatic N) is 2. The predicted octanol–water partition coefficient (Wildman–Crippen LogP) is -1.45. The minimum Gasteiger partial charge on any atom is -0.370 e. The van der Waals surface area contributed by atoms with Crippen LogP contribution in [0, 0.1) is 0 Å². The Kier molecular flexibility index (Phi) is 2.81. The first kappa shape index (κ1) is 11.3. The second-order valence-corrected chi connectivity index (χ2v) is 4.46. The van der Waals surface area contributed by atoms with Crippen molar-refractivity contribution in [2.24, 2.45) is 0 Å². The van der Waals surface area contributed by atoms with Gasteiger partial charge in [-0.05, 0) is 12.1 Å². The Morgan fingerprint density at radius 2 is 2.06 bits per heavy atom. The average Bonchev–Trinajstić information content (AvgIpc) is 2.66. The van der Waals surface area contributed by atoms with E-state index in [1.807, 2.05) is 0 Å². The molecule has 1 saturated heterocycles. The third-order valence-electron chi connectivity index (χ3n) is 3.31. The number of ether oxygens (including phenoxy) is 1. The zero-order valence-electron chi connectivity index (χ0n) is 9.89. The summed E-state index contributed by atoms with van der Waals surface area (Å²) in [5, 5.41) is 0. The van der Waals surface area contributed by atoms with Crippen molar-refractivity contribution in [2.45, 2.75) is 0 Å². The minimum atomic E-state index is -0.283. The van der Waals surface area contributed by atoms with Crippen molar-refractivity contribution in [1.82, 2.24) is 9.88 Å². The lowest BCUT2D eigenvalue weighted by Gasteiger charge is -2.26. The molecule has 2 aliphatic heterocycles. The molecule has 2 amide bonds. The molecule has 94 valence electrons. The SMILES string of the molecule is O=C1c2cccnc2C(=O)N1C[NH+]1CCOCC1. The Bertz CT molecular complexity index is 462. The van der Waals surface area contributed by atoms with Crippen molar-refractivity contribution in [2.75, 3.05) is 33.0 Å². The van der Waals surface area contributed by atoms with Crippen LogP contribution in [0.1, 0.15) is 20.8 Å². The summed E-state index contributed by atoms with van der Waals surface area (Å²) >= 11 is 0. The first-order valence-electron chi connectivity index (χ1n) is 6.00. The average molecular weight is 248 g/mol. The summed E-state index contributed by atoms with van der Waals surface area (Å²) in [6.45, 7) is 3.40. The summed E-state index contributed by atoms with van der Waals surface area (Å²) in [7, 11) is 0. The molecule has 3 heterocycles. The van der Waals surface area contributed by atoms with Crippen LogP contribution in [0.4, 0.5) is 0 Å². The normalized spacial score (nSPS) is 20.3. The number of aromatic nitrogens is 1. The highest BCUT2D eigenvalue weighted by Crippen LogP contribution is 2.18. The van der Waals surface area contributed by atoms with E-state index in [2.05, 4.69) is 4.98 Å². The monoisotopic (exact) mass is 248 g/mol. The molecular formula is C12H14N3O3+. The minimum absolute atomic E-state index is 0.234. The topological polar surface area (TPSA) is 63.9 Å². The number of imide groups is 1. The fourth-order valence-electron chi connectivity index (χ4n) is 2.30. The van der Waals surface area contributed by atoms with Crippen molar-refractivity contribution < 1.29 is 19.2 Å². The number of fused-ring (bicyclic) bond motifs is 1. The molecule has 1 aromatic heterocycles. The molecule has 0 spiro atoms. The standard InChI is InChI=1S/C12H13N3O3/c16-11-9-2-1-3-13-10(9)12(17)15(11)8-14-4-6-18-7-5-14/h1-3H,4-8H2/p+1. The Hall–Kier alpha value is -1.79. The van der Waals surface area contributed by atoms with E-state index in [0.717, 1.165) is 13.1 Å². The second kappa shape index (κ2) is 4.47. The molecule has 1 fully saturated rings. The number of morpholine rings is 1. The molecule has 1 N–H and O–H groups in total. The van der Waals surface area contributed by atoms with Gasteiger partial charge in [0.15, 0.2) is 6.67 Å². The molecule has 1 aromatic rings. The maximum absolute atomic E-state index is 12.1. The predicted molar refractivity (Wildman–Crippen MR) is 61.1 cm³/mol. The van der Waals surface area contributed by atoms with E-state index < -0.39 is 0 Å². The molecule has 0 atom stereocenters. The van der Waals surface area contributed by atoms with E-state index >= 15 is 0 Å². The number of hydrogen-bond donors (Lipinski definition) is 1.